The van der Waals surface area contributed by atoms with Gasteiger partial charge in [-0.3, -0.25) is 5.32 Å². The van der Waals surface area contributed by atoms with Crippen LogP contribution in [0.2, 0.25) is 0 Å². The third-order valence-corrected chi connectivity index (χ3v) is 7.39. The lowest BCUT2D eigenvalue weighted by Crippen LogP contribution is -2.21. The Kier molecular flexibility index (Phi) is 5.91. The lowest BCUT2D eigenvalue weighted by atomic mass is 9.92. The second-order valence-corrected chi connectivity index (χ2v) is 9.81. The Hall–Kier alpha value is -3.74. The Morgan fingerprint density at radius 3 is 2.61 bits per heavy atom. The SMILES string of the molecule is CCOc1ccc2c(-c3cnco3)c(-c3ccc(NC(=O)OC(C)C4CC4)cc3)n(C3CCC3)c2c1. The predicted molar refractivity (Wildman–Crippen MR) is 139 cm³/mol. The average Bonchev–Trinajstić information content (AvgIpc) is 3.47. The van der Waals surface area contributed by atoms with Crippen molar-refractivity contribution >= 4 is 22.7 Å². The molecule has 1 unspecified atom stereocenters. The van der Waals surface area contributed by atoms with E-state index in [-0.39, 0.29) is 6.10 Å². The summed E-state index contributed by atoms with van der Waals surface area (Å²) in [7, 11) is 0. The molecular weight excluding hydrogens is 454 g/mol. The van der Waals surface area contributed by atoms with Gasteiger partial charge in [-0.25, -0.2) is 9.78 Å². The van der Waals surface area contributed by atoms with Crippen LogP contribution in [0.15, 0.2) is 59.5 Å². The molecule has 7 nitrogen and oxygen atoms in total. The molecule has 1 N–H and O–H groups in total. The Morgan fingerprint density at radius 2 is 1.97 bits per heavy atom. The lowest BCUT2D eigenvalue weighted by molar-refractivity contribution is 0.108. The molecule has 186 valence electrons. The molecule has 0 spiro atoms. The number of nitrogens with zero attached hydrogens (tertiary/aromatic N) is 2. The van der Waals surface area contributed by atoms with E-state index >= 15 is 0 Å². The molecule has 1 atom stereocenters. The Balaban J connectivity index is 1.41. The van der Waals surface area contributed by atoms with Crippen LogP contribution in [0.25, 0.3) is 33.5 Å². The zero-order valence-corrected chi connectivity index (χ0v) is 20.7. The van der Waals surface area contributed by atoms with Crippen LogP contribution < -0.4 is 10.1 Å². The summed E-state index contributed by atoms with van der Waals surface area (Å²) in [6, 6.07) is 14.6. The summed E-state index contributed by atoms with van der Waals surface area (Å²) in [6.07, 6.45) is 8.55. The van der Waals surface area contributed by atoms with Gasteiger partial charge in [0.05, 0.1) is 29.6 Å². The molecule has 7 heteroatoms. The molecule has 2 fully saturated rings. The van der Waals surface area contributed by atoms with E-state index in [9.17, 15) is 4.79 Å². The molecule has 2 aliphatic carbocycles. The summed E-state index contributed by atoms with van der Waals surface area (Å²) >= 11 is 0. The fraction of sp³-hybridized carbons (Fsp3) is 0.379. The summed E-state index contributed by atoms with van der Waals surface area (Å²) < 4.78 is 19.6. The molecule has 2 saturated carbocycles. The van der Waals surface area contributed by atoms with Crippen molar-refractivity contribution in [1.82, 2.24) is 9.55 Å². The smallest absolute Gasteiger partial charge is 0.411 e. The van der Waals surface area contributed by atoms with Crippen molar-refractivity contribution in [2.75, 3.05) is 11.9 Å². The molecule has 2 aliphatic rings. The largest absolute Gasteiger partial charge is 0.494 e. The molecular formula is C29H31N3O4. The van der Waals surface area contributed by atoms with Gasteiger partial charge in [0, 0.05) is 23.2 Å². The number of oxazole rings is 1. The molecule has 0 aliphatic heterocycles. The van der Waals surface area contributed by atoms with Gasteiger partial charge in [-0.1, -0.05) is 12.1 Å². The Bertz CT molecular complexity index is 1370. The monoisotopic (exact) mass is 485 g/mol. The number of fused-ring (bicyclic) bond motifs is 1. The van der Waals surface area contributed by atoms with Crippen molar-refractivity contribution in [2.45, 2.75) is 58.1 Å². The van der Waals surface area contributed by atoms with Crippen LogP contribution in [-0.4, -0.2) is 28.4 Å². The second-order valence-electron chi connectivity index (χ2n) is 9.81. The van der Waals surface area contributed by atoms with E-state index in [0.717, 1.165) is 64.9 Å². The standard InChI is InChI=1S/C29H31N3O4/c1-3-34-23-13-14-24-25(15-23)32(22-5-4-6-22)28(27(24)26-16-30-17-35-26)20-9-11-21(12-10-20)31-29(33)36-18(2)19-7-8-19/h9-19,22H,3-8H2,1-2H3,(H,31,33). The predicted octanol–water partition coefficient (Wildman–Crippen LogP) is 7.43. The van der Waals surface area contributed by atoms with Gasteiger partial charge in [-0.15, -0.1) is 0 Å². The van der Waals surface area contributed by atoms with Gasteiger partial charge in [-0.05, 0) is 81.7 Å². The minimum atomic E-state index is -0.406. The fourth-order valence-electron chi connectivity index (χ4n) is 5.13. The maximum atomic E-state index is 12.3. The van der Waals surface area contributed by atoms with Crippen LogP contribution in [0.5, 0.6) is 5.75 Å². The molecule has 2 heterocycles. The van der Waals surface area contributed by atoms with Crippen molar-refractivity contribution in [2.24, 2.45) is 5.92 Å². The number of ether oxygens (including phenoxy) is 2. The number of carbonyl (C=O) groups is 1. The van der Waals surface area contributed by atoms with Crippen LogP contribution in [0.4, 0.5) is 10.5 Å². The normalized spacial score (nSPS) is 16.5. The lowest BCUT2D eigenvalue weighted by Gasteiger charge is -2.30. The van der Waals surface area contributed by atoms with E-state index in [4.69, 9.17) is 13.9 Å². The van der Waals surface area contributed by atoms with E-state index in [1.807, 2.05) is 44.2 Å². The third kappa shape index (κ3) is 4.23. The summed E-state index contributed by atoms with van der Waals surface area (Å²) in [5, 5.41) is 3.98. The van der Waals surface area contributed by atoms with Crippen LogP contribution in [-0.2, 0) is 4.74 Å². The molecule has 36 heavy (non-hydrogen) atoms. The van der Waals surface area contributed by atoms with E-state index in [0.29, 0.717) is 24.3 Å². The summed E-state index contributed by atoms with van der Waals surface area (Å²) in [5.74, 6) is 2.10. The van der Waals surface area contributed by atoms with Gasteiger partial charge >= 0.3 is 6.09 Å². The van der Waals surface area contributed by atoms with Gasteiger partial charge in [0.25, 0.3) is 0 Å². The number of anilines is 1. The van der Waals surface area contributed by atoms with E-state index < -0.39 is 6.09 Å². The van der Waals surface area contributed by atoms with Gasteiger partial charge < -0.3 is 18.5 Å². The van der Waals surface area contributed by atoms with Crippen LogP contribution >= 0.6 is 0 Å². The van der Waals surface area contributed by atoms with E-state index in [2.05, 4.69) is 27.0 Å². The van der Waals surface area contributed by atoms with Gasteiger partial charge in [0.1, 0.15) is 11.9 Å². The maximum absolute atomic E-state index is 12.3. The van der Waals surface area contributed by atoms with Crippen molar-refractivity contribution in [1.29, 1.82) is 0 Å². The molecule has 6 rings (SSSR count). The zero-order valence-electron chi connectivity index (χ0n) is 20.7. The first-order valence-corrected chi connectivity index (χ1v) is 12.9. The van der Waals surface area contributed by atoms with Crippen LogP contribution in [0.1, 0.15) is 52.0 Å². The zero-order chi connectivity index (χ0) is 24.6. The quantitative estimate of drug-likeness (QED) is 0.281. The number of rotatable bonds is 8. The number of carbonyl (C=O) groups excluding carboxylic acids is 1. The molecule has 2 aromatic heterocycles. The number of nitrogens with one attached hydrogen (secondary N) is 1. The fourth-order valence-corrected chi connectivity index (χ4v) is 5.13. The number of hydrogen-bond acceptors (Lipinski definition) is 5. The van der Waals surface area contributed by atoms with Crippen molar-refractivity contribution in [3.8, 4) is 28.3 Å². The molecule has 1 amide bonds. The molecule has 0 saturated heterocycles. The average molecular weight is 486 g/mol. The first kappa shape index (κ1) is 22.7. The van der Waals surface area contributed by atoms with Crippen molar-refractivity contribution in [3.05, 3.63) is 55.1 Å². The molecule has 2 aromatic carbocycles. The van der Waals surface area contributed by atoms with Crippen molar-refractivity contribution < 1.29 is 18.7 Å². The maximum Gasteiger partial charge on any atom is 0.411 e. The highest BCUT2D eigenvalue weighted by molar-refractivity contribution is 6.04. The third-order valence-electron chi connectivity index (χ3n) is 7.39. The number of amides is 1. The number of aromatic nitrogens is 2. The number of hydrogen-bond donors (Lipinski definition) is 1. The van der Waals surface area contributed by atoms with Crippen molar-refractivity contribution in [3.63, 3.8) is 0 Å². The van der Waals surface area contributed by atoms with Gasteiger partial charge in [0.15, 0.2) is 12.2 Å². The number of benzene rings is 2. The first-order valence-electron chi connectivity index (χ1n) is 12.9. The van der Waals surface area contributed by atoms with Crippen LogP contribution in [0, 0.1) is 5.92 Å². The molecule has 0 radical (unpaired) electrons. The van der Waals surface area contributed by atoms with Gasteiger partial charge in [-0.2, -0.15) is 0 Å². The minimum absolute atomic E-state index is 0.0477. The topological polar surface area (TPSA) is 78.5 Å². The Morgan fingerprint density at radius 1 is 1.17 bits per heavy atom. The Labute approximate surface area is 210 Å². The van der Waals surface area contributed by atoms with E-state index in [1.165, 1.54) is 12.8 Å². The summed E-state index contributed by atoms with van der Waals surface area (Å²) in [4.78, 5) is 16.5. The molecule has 4 aromatic rings. The summed E-state index contributed by atoms with van der Waals surface area (Å²) in [5.41, 5.74) is 5.00. The first-order chi connectivity index (χ1) is 17.6. The summed E-state index contributed by atoms with van der Waals surface area (Å²) in [6.45, 7) is 4.58. The van der Waals surface area contributed by atoms with Crippen LogP contribution in [0.3, 0.4) is 0 Å². The van der Waals surface area contributed by atoms with E-state index in [1.54, 1.807) is 6.20 Å². The molecule has 0 bridgehead atoms. The van der Waals surface area contributed by atoms with Gasteiger partial charge in [0.2, 0.25) is 0 Å². The highest BCUT2D eigenvalue weighted by Gasteiger charge is 2.31. The minimum Gasteiger partial charge on any atom is -0.494 e. The highest BCUT2D eigenvalue weighted by Crippen LogP contribution is 2.47. The highest BCUT2D eigenvalue weighted by atomic mass is 16.6. The second kappa shape index (κ2) is 9.37.